The van der Waals surface area contributed by atoms with Gasteiger partial charge in [0.2, 0.25) is 6.10 Å². The Hall–Kier alpha value is -2.56. The molecule has 4 bridgehead atoms. The van der Waals surface area contributed by atoms with Crippen LogP contribution in [0.4, 0.5) is 13.2 Å². The molecule has 5 unspecified atom stereocenters. The lowest BCUT2D eigenvalue weighted by Crippen LogP contribution is -2.55. The third-order valence-electron chi connectivity index (χ3n) is 9.44. The van der Waals surface area contributed by atoms with E-state index in [1.165, 1.54) is 15.4 Å². The third-order valence-corrected chi connectivity index (χ3v) is 12.7. The molecule has 7 rings (SSSR count). The van der Waals surface area contributed by atoms with Gasteiger partial charge in [-0.25, -0.2) is 0 Å². The lowest BCUT2D eigenvalue weighted by Gasteiger charge is -2.59. The molecule has 0 radical (unpaired) electrons. The maximum absolute atomic E-state index is 13.6. The van der Waals surface area contributed by atoms with Crippen LogP contribution in [-0.4, -0.2) is 42.2 Å². The number of esters is 1. The van der Waals surface area contributed by atoms with Gasteiger partial charge in [-0.05, 0) is 80.1 Å². The molecule has 5 atom stereocenters. The topological polar surface area (TPSA) is 80.7 Å². The second-order valence-electron chi connectivity index (χ2n) is 12.2. The number of rotatable bonds is 8. The molecule has 5 aliphatic carbocycles. The molecule has 0 heterocycles. The normalized spacial score (nSPS) is 31.6. The molecule has 42 heavy (non-hydrogen) atoms. The number of benzene rings is 2. The molecule has 0 amide bonds. The van der Waals surface area contributed by atoms with Crippen molar-refractivity contribution in [3.05, 3.63) is 84.5 Å². The van der Waals surface area contributed by atoms with Crippen LogP contribution in [0.15, 0.2) is 88.7 Å². The number of hydrogen-bond acceptors (Lipinski definition) is 4. The van der Waals surface area contributed by atoms with Crippen LogP contribution in [0.1, 0.15) is 50.0 Å². The summed E-state index contributed by atoms with van der Waals surface area (Å²) >= 11 is 0. The average molecular weight is 620 g/mol. The number of carbonyl (C=O) groups excluding carboxylic acids is 1. The molecule has 4 saturated carbocycles. The maximum Gasteiger partial charge on any atom is 0.426 e. The first-order valence-electron chi connectivity index (χ1n) is 14.4. The van der Waals surface area contributed by atoms with Crippen LogP contribution in [0.3, 0.4) is 0 Å². The summed E-state index contributed by atoms with van der Waals surface area (Å²) in [5.74, 6) is -2.07. The second kappa shape index (κ2) is 11.2. The van der Waals surface area contributed by atoms with Crippen LogP contribution < -0.4 is 0 Å². The van der Waals surface area contributed by atoms with Crippen LogP contribution >= 0.6 is 0 Å². The Balaban J connectivity index is 1.31. The van der Waals surface area contributed by atoms with Crippen molar-refractivity contribution >= 4 is 27.0 Å². The monoisotopic (exact) mass is 619 g/mol. The third kappa shape index (κ3) is 5.82. The Labute approximate surface area is 247 Å². The van der Waals surface area contributed by atoms with Crippen LogP contribution in [0, 0.1) is 23.2 Å². The standard InChI is InChI=1S/C32H33F3O5S2/c33-32(34,35)28(20-42(37,38)39)40-30(36)31-17-21-15-22(18-31)29(23(16-21)19-31)26-13-7-8-14-27(26)41(24-9-3-1-4-10-24)25-11-5-2-6-12-25/h1-11,13-14,21-23,25,28-29H,12,15-20H2/p+1. The molecule has 10 heteroatoms. The largest absolute Gasteiger partial charge is 0.451 e. The van der Waals surface area contributed by atoms with Crippen molar-refractivity contribution in [2.75, 3.05) is 5.75 Å². The molecular weight excluding hydrogens is 585 g/mol. The number of allylic oxidation sites excluding steroid dienone is 3. The molecule has 4 fully saturated rings. The van der Waals surface area contributed by atoms with Gasteiger partial charge in [0.05, 0.1) is 16.3 Å². The van der Waals surface area contributed by atoms with Gasteiger partial charge in [-0.1, -0.05) is 54.6 Å². The fourth-order valence-corrected chi connectivity index (χ4v) is 11.4. The van der Waals surface area contributed by atoms with Gasteiger partial charge in [-0.2, -0.15) is 21.6 Å². The summed E-state index contributed by atoms with van der Waals surface area (Å²) in [5.41, 5.74) is 0.201. The zero-order chi connectivity index (χ0) is 29.7. The Kier molecular flexibility index (Phi) is 7.85. The highest BCUT2D eigenvalue weighted by Gasteiger charge is 2.61. The predicted octanol–water partition coefficient (Wildman–Crippen LogP) is 6.88. The molecule has 224 valence electrons. The summed E-state index contributed by atoms with van der Waals surface area (Å²) < 4.78 is 77.4. The lowest BCUT2D eigenvalue weighted by atomic mass is 9.45. The summed E-state index contributed by atoms with van der Waals surface area (Å²) in [6.45, 7) is 0. The fraction of sp³-hybridized carbons (Fsp3) is 0.469. The average Bonchev–Trinajstić information content (AvgIpc) is 2.93. The van der Waals surface area contributed by atoms with Gasteiger partial charge in [0, 0.05) is 12.0 Å². The van der Waals surface area contributed by atoms with E-state index in [0.29, 0.717) is 24.5 Å². The predicted molar refractivity (Wildman–Crippen MR) is 155 cm³/mol. The van der Waals surface area contributed by atoms with Crippen LogP contribution in [0.25, 0.3) is 0 Å². The van der Waals surface area contributed by atoms with Crippen LogP contribution in [0.2, 0.25) is 0 Å². The number of alkyl halides is 3. The van der Waals surface area contributed by atoms with E-state index < -0.39 is 39.5 Å². The molecule has 1 N–H and O–H groups in total. The molecule has 0 saturated heterocycles. The first kappa shape index (κ1) is 29.5. The van der Waals surface area contributed by atoms with Gasteiger partial charge in [-0.15, -0.1) is 0 Å². The highest BCUT2D eigenvalue weighted by Crippen LogP contribution is 2.66. The lowest BCUT2D eigenvalue weighted by molar-refractivity contribution is -0.227. The number of hydrogen-bond donors (Lipinski definition) is 1. The molecule has 2 aromatic rings. The van der Waals surface area contributed by atoms with E-state index in [9.17, 15) is 26.4 Å². The summed E-state index contributed by atoms with van der Waals surface area (Å²) in [7, 11) is -5.24. The summed E-state index contributed by atoms with van der Waals surface area (Å²) in [4.78, 5) is 16.0. The van der Waals surface area contributed by atoms with Crippen molar-refractivity contribution in [1.29, 1.82) is 0 Å². The smallest absolute Gasteiger partial charge is 0.426 e. The number of carbonyl (C=O) groups is 1. The molecule has 5 aliphatic rings. The summed E-state index contributed by atoms with van der Waals surface area (Å²) in [6.07, 6.45) is 4.69. The maximum atomic E-state index is 13.6. The van der Waals surface area contributed by atoms with Gasteiger partial charge >= 0.3 is 12.1 Å². The van der Waals surface area contributed by atoms with E-state index >= 15 is 0 Å². The summed E-state index contributed by atoms with van der Waals surface area (Å²) in [6, 6.07) is 19.0. The van der Waals surface area contributed by atoms with Crippen LogP contribution in [-0.2, 0) is 30.5 Å². The van der Waals surface area contributed by atoms with Crippen molar-refractivity contribution in [2.45, 2.75) is 71.8 Å². The van der Waals surface area contributed by atoms with E-state index in [-0.39, 0.29) is 34.6 Å². The molecule has 0 spiro atoms. The van der Waals surface area contributed by atoms with Gasteiger partial charge in [0.1, 0.15) is 5.75 Å². The van der Waals surface area contributed by atoms with E-state index in [1.807, 2.05) is 6.07 Å². The quantitative estimate of drug-likeness (QED) is 0.198. The second-order valence-corrected chi connectivity index (χ2v) is 15.9. The van der Waals surface area contributed by atoms with E-state index in [4.69, 9.17) is 9.29 Å². The molecule has 2 aromatic carbocycles. The van der Waals surface area contributed by atoms with Crippen LogP contribution in [0.5, 0.6) is 0 Å². The Morgan fingerprint density at radius 1 is 1.00 bits per heavy atom. The first-order chi connectivity index (χ1) is 19.9. The van der Waals surface area contributed by atoms with Crippen molar-refractivity contribution < 1.29 is 35.7 Å². The number of ether oxygens (including phenoxy) is 1. The van der Waals surface area contributed by atoms with Gasteiger partial charge in [0.15, 0.2) is 15.0 Å². The van der Waals surface area contributed by atoms with Crippen molar-refractivity contribution in [3.63, 3.8) is 0 Å². The minimum atomic E-state index is -5.11. The van der Waals surface area contributed by atoms with E-state index in [1.54, 1.807) is 0 Å². The first-order valence-corrected chi connectivity index (χ1v) is 17.3. The molecule has 0 aliphatic heterocycles. The zero-order valence-electron chi connectivity index (χ0n) is 22.9. The molecule has 0 aromatic heterocycles. The minimum Gasteiger partial charge on any atom is -0.451 e. The molecular formula is C32H34F3O5S2+. The minimum absolute atomic E-state index is 0.110. The van der Waals surface area contributed by atoms with E-state index in [2.05, 4.69) is 72.8 Å². The van der Waals surface area contributed by atoms with E-state index in [0.717, 1.165) is 19.3 Å². The highest BCUT2D eigenvalue weighted by atomic mass is 32.2. The number of halogens is 3. The Morgan fingerprint density at radius 3 is 2.29 bits per heavy atom. The van der Waals surface area contributed by atoms with Crippen molar-refractivity contribution in [2.24, 2.45) is 23.2 Å². The summed E-state index contributed by atoms with van der Waals surface area (Å²) in [5, 5.41) is 0.304. The zero-order valence-corrected chi connectivity index (χ0v) is 24.6. The van der Waals surface area contributed by atoms with Gasteiger partial charge in [-0.3, -0.25) is 9.35 Å². The molecule has 5 nitrogen and oxygen atoms in total. The Bertz CT molecular complexity index is 1470. The van der Waals surface area contributed by atoms with Crippen molar-refractivity contribution in [3.8, 4) is 0 Å². The van der Waals surface area contributed by atoms with Gasteiger partial charge < -0.3 is 4.74 Å². The van der Waals surface area contributed by atoms with Gasteiger partial charge in [0.25, 0.3) is 10.1 Å². The Morgan fingerprint density at radius 2 is 1.67 bits per heavy atom. The highest BCUT2D eigenvalue weighted by molar-refractivity contribution is 7.97. The fourth-order valence-electron chi connectivity index (χ4n) is 8.14. The SMILES string of the molecule is O=C(OC(CS(=O)(=O)O)C(F)(F)F)C12CC3CC(C1)C(c1ccccc1[S+](c1ccccc1)C1C=CC=CC1)C(C3)C2. The van der Waals surface area contributed by atoms with Crippen molar-refractivity contribution in [1.82, 2.24) is 0 Å².